The minimum absolute atomic E-state index is 0.0800. The van der Waals surface area contributed by atoms with E-state index in [1.807, 2.05) is 6.07 Å². The van der Waals surface area contributed by atoms with Gasteiger partial charge in [0.2, 0.25) is 5.91 Å². The van der Waals surface area contributed by atoms with Crippen molar-refractivity contribution in [1.82, 2.24) is 10.2 Å². The number of nitrogens with one attached hydrogen (secondary N) is 1. The number of hydrogen-bond acceptors (Lipinski definition) is 6. The van der Waals surface area contributed by atoms with Crippen molar-refractivity contribution in [2.45, 2.75) is 29.1 Å². The highest BCUT2D eigenvalue weighted by Gasteiger charge is 2.54. The average Bonchev–Trinajstić information content (AvgIpc) is 2.79. The zero-order valence-corrected chi connectivity index (χ0v) is 20.8. The van der Waals surface area contributed by atoms with Crippen molar-refractivity contribution in [3.05, 3.63) is 69.2 Å². The van der Waals surface area contributed by atoms with Gasteiger partial charge in [-0.15, -0.1) is 24.9 Å². The third-order valence-electron chi connectivity index (χ3n) is 5.03. The Labute approximate surface area is 214 Å². The van der Waals surface area contributed by atoms with Crippen LogP contribution in [-0.4, -0.2) is 51.3 Å². The minimum Gasteiger partial charge on any atom is -0.477 e. The Balaban J connectivity index is 1.50. The summed E-state index contributed by atoms with van der Waals surface area (Å²) in [5.41, 5.74) is 0.525. The van der Waals surface area contributed by atoms with Crippen LogP contribution in [0.15, 0.2) is 68.5 Å². The highest BCUT2D eigenvalue weighted by atomic mass is 79.9. The van der Waals surface area contributed by atoms with Gasteiger partial charge in [0.15, 0.2) is 0 Å². The predicted octanol–water partition coefficient (Wildman–Crippen LogP) is 4.38. The van der Waals surface area contributed by atoms with Crippen LogP contribution >= 0.6 is 39.5 Å². The van der Waals surface area contributed by atoms with Gasteiger partial charge < -0.3 is 15.2 Å². The first kappa shape index (κ1) is 25.5. The molecule has 4 rings (SSSR count). The van der Waals surface area contributed by atoms with Gasteiger partial charge >= 0.3 is 12.3 Å². The molecule has 0 unspecified atom stereocenters. The SMILES string of the molecule is O=C(Cc1ccccc1)N[C@@H]1C(=O)N2C(C(=O)O)=C(Sc3ccc(Br)c(OC(F)(F)F)c3)CS[C@H]12. The fraction of sp³-hybridized carbons (Fsp3) is 0.227. The molecule has 1 saturated heterocycles. The molecule has 13 heteroatoms. The minimum atomic E-state index is -4.89. The van der Waals surface area contributed by atoms with Gasteiger partial charge in [-0.05, 0) is 39.7 Å². The number of fused-ring (bicyclic) bond motifs is 1. The first-order valence-electron chi connectivity index (χ1n) is 10.0. The number of nitrogens with zero attached hydrogens (tertiary/aromatic N) is 1. The summed E-state index contributed by atoms with van der Waals surface area (Å²) in [5.74, 6) is -2.54. The Bertz CT molecular complexity index is 1210. The average molecular weight is 589 g/mol. The number of aliphatic carboxylic acids is 1. The Morgan fingerprint density at radius 2 is 1.94 bits per heavy atom. The number of carboxylic acid groups (broad SMARTS) is 1. The van der Waals surface area contributed by atoms with E-state index in [9.17, 15) is 32.7 Å². The van der Waals surface area contributed by atoms with Crippen molar-refractivity contribution in [2.75, 3.05) is 5.75 Å². The van der Waals surface area contributed by atoms with Crippen molar-refractivity contribution in [1.29, 1.82) is 0 Å². The molecule has 2 N–H and O–H groups in total. The molecule has 2 amide bonds. The van der Waals surface area contributed by atoms with Crippen LogP contribution in [0.2, 0.25) is 0 Å². The van der Waals surface area contributed by atoms with Crippen molar-refractivity contribution >= 4 is 57.2 Å². The second-order valence-electron chi connectivity index (χ2n) is 7.44. The molecule has 0 bridgehead atoms. The quantitative estimate of drug-likeness (QED) is 0.463. The number of rotatable bonds is 7. The second kappa shape index (κ2) is 10.2. The number of alkyl halides is 3. The molecule has 0 radical (unpaired) electrons. The molecule has 0 aromatic heterocycles. The van der Waals surface area contributed by atoms with E-state index >= 15 is 0 Å². The molecular weight excluding hydrogens is 573 g/mol. The molecular formula is C22H16BrF3N2O5S2. The molecule has 1 fully saturated rings. The van der Waals surface area contributed by atoms with E-state index in [4.69, 9.17) is 0 Å². The first-order valence-corrected chi connectivity index (χ1v) is 12.7. The standard InChI is InChI=1S/C22H16BrF3N2O5S2/c23-13-7-6-12(9-14(13)33-22(24,25)26)35-15-10-34-20-17(19(30)28(20)18(15)21(31)32)27-16(29)8-11-4-2-1-3-5-11/h1-7,9,17,20H,8,10H2,(H,27,29)(H,31,32)/t17-,20-/m1/s1. The molecule has 7 nitrogen and oxygen atoms in total. The van der Waals surface area contributed by atoms with E-state index < -0.39 is 35.4 Å². The summed E-state index contributed by atoms with van der Waals surface area (Å²) in [6, 6.07) is 12.1. The lowest BCUT2D eigenvalue weighted by atomic mass is 10.0. The van der Waals surface area contributed by atoms with E-state index in [0.29, 0.717) is 9.80 Å². The van der Waals surface area contributed by atoms with E-state index in [0.717, 1.165) is 28.3 Å². The highest BCUT2D eigenvalue weighted by Crippen LogP contribution is 2.46. The summed E-state index contributed by atoms with van der Waals surface area (Å²) >= 11 is 5.20. The van der Waals surface area contributed by atoms with Crippen LogP contribution in [0.4, 0.5) is 13.2 Å². The number of halogens is 4. The van der Waals surface area contributed by atoms with Gasteiger partial charge in [0.05, 0.1) is 10.9 Å². The van der Waals surface area contributed by atoms with Gasteiger partial charge in [-0.2, -0.15) is 0 Å². The van der Waals surface area contributed by atoms with Crippen LogP contribution in [0, 0.1) is 0 Å². The van der Waals surface area contributed by atoms with Gasteiger partial charge in [0.25, 0.3) is 5.91 Å². The molecule has 184 valence electrons. The third-order valence-corrected chi connectivity index (χ3v) is 8.22. The molecule has 0 saturated carbocycles. The molecule has 2 aromatic carbocycles. The summed E-state index contributed by atoms with van der Waals surface area (Å²) < 4.78 is 42.1. The molecule has 2 atom stereocenters. The van der Waals surface area contributed by atoms with E-state index in [2.05, 4.69) is 26.0 Å². The number of β-lactam (4-membered cyclic amide) rings is 1. The van der Waals surface area contributed by atoms with E-state index in [1.54, 1.807) is 24.3 Å². The maximum absolute atomic E-state index is 12.8. The number of carbonyl (C=O) groups is 3. The summed E-state index contributed by atoms with van der Waals surface area (Å²) in [4.78, 5) is 38.9. The van der Waals surface area contributed by atoms with Crippen molar-refractivity contribution in [3.63, 3.8) is 0 Å². The zero-order valence-electron chi connectivity index (χ0n) is 17.5. The molecule has 35 heavy (non-hydrogen) atoms. The fourth-order valence-electron chi connectivity index (χ4n) is 3.57. The lowest BCUT2D eigenvalue weighted by Crippen LogP contribution is -2.70. The molecule has 2 aliphatic heterocycles. The smallest absolute Gasteiger partial charge is 0.477 e. The van der Waals surface area contributed by atoms with Gasteiger partial charge in [-0.25, -0.2) is 4.79 Å². The van der Waals surface area contributed by atoms with E-state index in [-0.39, 0.29) is 28.3 Å². The Hall–Kier alpha value is -2.64. The van der Waals surface area contributed by atoms with Crippen LogP contribution < -0.4 is 10.1 Å². The Morgan fingerprint density at radius 3 is 2.60 bits per heavy atom. The Morgan fingerprint density at radius 1 is 1.23 bits per heavy atom. The number of amides is 2. The van der Waals surface area contributed by atoms with Crippen LogP contribution in [-0.2, 0) is 20.8 Å². The number of benzene rings is 2. The maximum Gasteiger partial charge on any atom is 0.573 e. The summed E-state index contributed by atoms with van der Waals surface area (Å²) in [6.45, 7) is 0. The lowest BCUT2D eigenvalue weighted by Gasteiger charge is -2.49. The first-order chi connectivity index (χ1) is 16.5. The number of hydrogen-bond donors (Lipinski definition) is 2. The van der Waals surface area contributed by atoms with Gasteiger partial charge in [-0.3, -0.25) is 14.5 Å². The largest absolute Gasteiger partial charge is 0.573 e. The number of carboxylic acids is 1. The summed E-state index contributed by atoms with van der Waals surface area (Å²) in [7, 11) is 0. The third kappa shape index (κ3) is 5.78. The van der Waals surface area contributed by atoms with Crippen molar-refractivity contribution in [2.24, 2.45) is 0 Å². The van der Waals surface area contributed by atoms with Crippen LogP contribution in [0.1, 0.15) is 5.56 Å². The van der Waals surface area contributed by atoms with Crippen LogP contribution in [0.5, 0.6) is 5.75 Å². The second-order valence-corrected chi connectivity index (χ2v) is 10.6. The van der Waals surface area contributed by atoms with Gasteiger partial charge in [0, 0.05) is 15.6 Å². The number of thioether (sulfide) groups is 2. The topological polar surface area (TPSA) is 95.9 Å². The number of ether oxygens (including phenoxy) is 1. The zero-order chi connectivity index (χ0) is 25.3. The maximum atomic E-state index is 12.8. The van der Waals surface area contributed by atoms with E-state index in [1.165, 1.54) is 23.9 Å². The van der Waals surface area contributed by atoms with Crippen molar-refractivity contribution < 1.29 is 37.4 Å². The summed E-state index contributed by atoms with van der Waals surface area (Å²) in [6.07, 6.45) is -4.81. The summed E-state index contributed by atoms with van der Waals surface area (Å²) in [5, 5.41) is 11.9. The molecule has 2 heterocycles. The fourth-order valence-corrected chi connectivity index (χ4v) is 6.40. The van der Waals surface area contributed by atoms with Gasteiger partial charge in [0.1, 0.15) is 22.9 Å². The monoisotopic (exact) mass is 588 g/mol. The van der Waals surface area contributed by atoms with Gasteiger partial charge in [-0.1, -0.05) is 42.1 Å². The predicted molar refractivity (Wildman–Crippen MR) is 127 cm³/mol. The molecule has 2 aromatic rings. The normalized spacial score (nSPS) is 19.7. The highest BCUT2D eigenvalue weighted by molar-refractivity contribution is 9.10. The Kier molecular flexibility index (Phi) is 7.38. The molecule has 0 spiro atoms. The lowest BCUT2D eigenvalue weighted by molar-refractivity contribution is -0.275. The number of carbonyl (C=O) groups excluding carboxylic acids is 2. The molecule has 2 aliphatic rings. The van der Waals surface area contributed by atoms with Crippen LogP contribution in [0.3, 0.4) is 0 Å². The van der Waals surface area contributed by atoms with Crippen LogP contribution in [0.25, 0.3) is 0 Å². The van der Waals surface area contributed by atoms with Crippen molar-refractivity contribution in [3.8, 4) is 5.75 Å². The molecule has 0 aliphatic carbocycles.